The highest BCUT2D eigenvalue weighted by Crippen LogP contribution is 2.36. The van der Waals surface area contributed by atoms with Gasteiger partial charge in [0.05, 0.1) is 16.6 Å². The van der Waals surface area contributed by atoms with Gasteiger partial charge < -0.3 is 14.5 Å². The van der Waals surface area contributed by atoms with E-state index in [0.717, 1.165) is 52.9 Å². The highest BCUT2D eigenvalue weighted by Gasteiger charge is 2.37. The monoisotopic (exact) mass is 528 g/mol. The molecule has 1 aliphatic heterocycles. The molecule has 1 atom stereocenters. The number of fused-ring (bicyclic) bond motifs is 2. The molecular weight excluding hydrogens is 501 g/mol. The zero-order valence-corrected chi connectivity index (χ0v) is 21.2. The highest BCUT2D eigenvalue weighted by molar-refractivity contribution is 5.86. The van der Waals surface area contributed by atoms with Gasteiger partial charge in [0.1, 0.15) is 5.82 Å². The number of imidazole rings is 1. The van der Waals surface area contributed by atoms with Crippen LogP contribution < -0.4 is 0 Å². The molecule has 7 rings (SSSR count). The summed E-state index contributed by atoms with van der Waals surface area (Å²) in [6.07, 6.45) is 0.235. The van der Waals surface area contributed by atoms with Crippen LogP contribution in [0.4, 0.5) is 13.2 Å². The van der Waals surface area contributed by atoms with Crippen molar-refractivity contribution in [2.24, 2.45) is 11.8 Å². The first kappa shape index (κ1) is 24.0. The quantitative estimate of drug-likeness (QED) is 0.264. The first-order valence-electron chi connectivity index (χ1n) is 13.4. The third-order valence-corrected chi connectivity index (χ3v) is 8.07. The van der Waals surface area contributed by atoms with Crippen molar-refractivity contribution in [3.8, 4) is 22.5 Å². The largest absolute Gasteiger partial charge is 0.416 e. The van der Waals surface area contributed by atoms with E-state index >= 15 is 0 Å². The number of alkyl halides is 3. The molecule has 3 aromatic carbocycles. The molecule has 1 saturated carbocycles. The van der Waals surface area contributed by atoms with Gasteiger partial charge >= 0.3 is 6.18 Å². The van der Waals surface area contributed by atoms with Crippen LogP contribution in [0.3, 0.4) is 0 Å². The van der Waals surface area contributed by atoms with E-state index in [1.54, 1.807) is 0 Å². The second kappa shape index (κ2) is 9.00. The van der Waals surface area contributed by atoms with Crippen molar-refractivity contribution in [1.29, 1.82) is 0 Å². The summed E-state index contributed by atoms with van der Waals surface area (Å²) in [5.41, 5.74) is 4.37. The third kappa shape index (κ3) is 4.47. The number of nitrogens with one attached hydrogen (secondary N) is 1. The summed E-state index contributed by atoms with van der Waals surface area (Å²) in [6, 6.07) is 20.1. The number of carbonyl (C=O) groups excluding carboxylic acids is 1. The predicted octanol–water partition coefficient (Wildman–Crippen LogP) is 7.13. The maximum atomic E-state index is 13.6. The maximum Gasteiger partial charge on any atom is 0.416 e. The lowest BCUT2D eigenvalue weighted by atomic mass is 10.0. The second-order valence-electron chi connectivity index (χ2n) is 10.8. The Bertz CT molecular complexity index is 1690. The van der Waals surface area contributed by atoms with Gasteiger partial charge in [-0.3, -0.25) is 4.79 Å². The average Bonchev–Trinajstić information content (AvgIpc) is 3.33. The molecule has 2 aliphatic rings. The number of rotatable bonds is 5. The summed E-state index contributed by atoms with van der Waals surface area (Å²) in [6.45, 7) is 1.84. The molecule has 5 aromatic rings. The van der Waals surface area contributed by atoms with E-state index < -0.39 is 11.7 Å². The van der Waals surface area contributed by atoms with Gasteiger partial charge in [0, 0.05) is 42.8 Å². The van der Waals surface area contributed by atoms with E-state index in [2.05, 4.69) is 23.2 Å². The van der Waals surface area contributed by atoms with Gasteiger partial charge in [0.2, 0.25) is 5.91 Å². The van der Waals surface area contributed by atoms with Gasteiger partial charge in [-0.15, -0.1) is 0 Å². The summed E-state index contributed by atoms with van der Waals surface area (Å²) >= 11 is 0. The number of aromatic nitrogens is 3. The molecule has 5 nitrogen and oxygen atoms in total. The number of likely N-dealkylation sites (tertiary alicyclic amines) is 1. The van der Waals surface area contributed by atoms with Gasteiger partial charge in [-0.05, 0) is 78.1 Å². The van der Waals surface area contributed by atoms with Crippen molar-refractivity contribution >= 4 is 27.8 Å². The summed E-state index contributed by atoms with van der Waals surface area (Å²) in [4.78, 5) is 22.5. The van der Waals surface area contributed by atoms with Crippen molar-refractivity contribution in [2.75, 3.05) is 13.1 Å². The SMILES string of the molecule is O=C(C1CC1)N1CC[C@H](Cn2c(-c3ccc(-c4ccc5[nH]ccc5c4)cc3)nc3ccc(C(F)(F)F)cc32)C1. The lowest BCUT2D eigenvalue weighted by Gasteiger charge is -2.18. The maximum absolute atomic E-state index is 13.6. The summed E-state index contributed by atoms with van der Waals surface area (Å²) in [5, 5.41) is 1.13. The van der Waals surface area contributed by atoms with Crippen LogP contribution in [0.25, 0.3) is 44.5 Å². The Hall–Kier alpha value is -4.07. The van der Waals surface area contributed by atoms with Crippen LogP contribution in [-0.4, -0.2) is 38.4 Å². The predicted molar refractivity (Wildman–Crippen MR) is 145 cm³/mol. The highest BCUT2D eigenvalue weighted by atomic mass is 19.4. The van der Waals surface area contributed by atoms with E-state index in [1.165, 1.54) is 12.1 Å². The van der Waals surface area contributed by atoms with Crippen LogP contribution in [0.15, 0.2) is 72.9 Å². The minimum Gasteiger partial charge on any atom is -0.361 e. The fourth-order valence-corrected chi connectivity index (χ4v) is 5.78. The molecule has 0 radical (unpaired) electrons. The van der Waals surface area contributed by atoms with Gasteiger partial charge in [-0.25, -0.2) is 4.98 Å². The molecule has 3 heterocycles. The Labute approximate surface area is 223 Å². The van der Waals surface area contributed by atoms with Crippen molar-refractivity contribution < 1.29 is 18.0 Å². The number of carbonyl (C=O) groups is 1. The van der Waals surface area contributed by atoms with E-state index in [-0.39, 0.29) is 17.7 Å². The lowest BCUT2D eigenvalue weighted by Crippen LogP contribution is -2.30. The van der Waals surface area contributed by atoms with Crippen LogP contribution >= 0.6 is 0 Å². The van der Waals surface area contributed by atoms with Crippen molar-refractivity contribution in [2.45, 2.75) is 32.0 Å². The normalized spacial score (nSPS) is 17.9. The minimum absolute atomic E-state index is 0.158. The zero-order chi connectivity index (χ0) is 26.7. The first-order valence-corrected chi connectivity index (χ1v) is 13.4. The second-order valence-corrected chi connectivity index (χ2v) is 10.8. The van der Waals surface area contributed by atoms with Crippen LogP contribution in [-0.2, 0) is 17.5 Å². The number of H-pyrrole nitrogens is 1. The number of hydrogen-bond donors (Lipinski definition) is 1. The fourth-order valence-electron chi connectivity index (χ4n) is 5.78. The molecular formula is C31H27F3N4O. The van der Waals surface area contributed by atoms with Crippen molar-refractivity contribution in [3.05, 3.63) is 78.5 Å². The summed E-state index contributed by atoms with van der Waals surface area (Å²) in [7, 11) is 0. The van der Waals surface area contributed by atoms with Crippen LogP contribution in [0.1, 0.15) is 24.8 Å². The number of amides is 1. The first-order chi connectivity index (χ1) is 18.8. The number of nitrogens with zero attached hydrogens (tertiary/aromatic N) is 3. The Balaban J connectivity index is 1.24. The Kier molecular flexibility index (Phi) is 5.54. The molecule has 2 aromatic heterocycles. The molecule has 0 bridgehead atoms. The van der Waals surface area contributed by atoms with Gasteiger partial charge in [-0.1, -0.05) is 30.3 Å². The molecule has 1 N–H and O–H groups in total. The summed E-state index contributed by atoms with van der Waals surface area (Å²) < 4.78 is 42.7. The number of aromatic amines is 1. The smallest absolute Gasteiger partial charge is 0.361 e. The number of halogens is 3. The zero-order valence-electron chi connectivity index (χ0n) is 21.2. The summed E-state index contributed by atoms with van der Waals surface area (Å²) in [5.74, 6) is 1.19. The van der Waals surface area contributed by atoms with E-state index in [0.29, 0.717) is 36.5 Å². The fraction of sp³-hybridized carbons (Fsp3) is 0.290. The van der Waals surface area contributed by atoms with E-state index in [1.807, 2.05) is 46.0 Å². The Morgan fingerprint density at radius 2 is 1.69 bits per heavy atom. The van der Waals surface area contributed by atoms with Crippen LogP contribution in [0, 0.1) is 11.8 Å². The molecule has 2 fully saturated rings. The molecule has 198 valence electrons. The molecule has 0 spiro atoms. The van der Waals surface area contributed by atoms with Crippen LogP contribution in [0.5, 0.6) is 0 Å². The van der Waals surface area contributed by atoms with Crippen molar-refractivity contribution in [1.82, 2.24) is 19.4 Å². The Morgan fingerprint density at radius 3 is 2.46 bits per heavy atom. The van der Waals surface area contributed by atoms with Gasteiger partial charge in [0.25, 0.3) is 0 Å². The molecule has 1 saturated heterocycles. The molecule has 1 aliphatic carbocycles. The average molecular weight is 529 g/mol. The van der Waals surface area contributed by atoms with Gasteiger partial charge in [-0.2, -0.15) is 13.2 Å². The van der Waals surface area contributed by atoms with Crippen molar-refractivity contribution in [3.63, 3.8) is 0 Å². The van der Waals surface area contributed by atoms with E-state index in [9.17, 15) is 18.0 Å². The lowest BCUT2D eigenvalue weighted by molar-refractivity contribution is -0.137. The minimum atomic E-state index is -4.44. The Morgan fingerprint density at radius 1 is 0.923 bits per heavy atom. The van der Waals surface area contributed by atoms with Gasteiger partial charge in [0.15, 0.2) is 0 Å². The number of benzene rings is 3. The third-order valence-electron chi connectivity index (χ3n) is 8.07. The standard InChI is InChI=1S/C31H27F3N4O/c32-31(33,34)25-8-10-27-28(16-25)38(18-19-12-14-37(17-19)30(39)22-5-6-22)29(36-27)21-3-1-20(2-4-21)23-7-9-26-24(15-23)11-13-35-26/h1-4,7-11,13,15-16,19,22,35H,5-6,12,14,17-18H2/t19-/m0/s1. The molecule has 8 heteroatoms. The topological polar surface area (TPSA) is 53.9 Å². The molecule has 0 unspecified atom stereocenters. The van der Waals surface area contributed by atoms with Crippen LogP contribution in [0.2, 0.25) is 0 Å². The molecule has 39 heavy (non-hydrogen) atoms. The number of hydrogen-bond acceptors (Lipinski definition) is 2. The molecule has 1 amide bonds. The van der Waals surface area contributed by atoms with E-state index in [4.69, 9.17) is 4.98 Å².